The number of carbonyl (C=O) groups excluding carboxylic acids is 1. The summed E-state index contributed by atoms with van der Waals surface area (Å²) in [6.07, 6.45) is 3.24. The molecule has 0 aliphatic rings. The van der Waals surface area contributed by atoms with Gasteiger partial charge in [0.25, 0.3) is 5.91 Å². The maximum Gasteiger partial charge on any atom is 0.258 e. The van der Waals surface area contributed by atoms with Gasteiger partial charge in [0.1, 0.15) is 5.82 Å². The van der Waals surface area contributed by atoms with Crippen LogP contribution in [0, 0.1) is 12.7 Å². The molecule has 1 amide bonds. The molecular formula is C14H13FN2O. The molecule has 0 aliphatic carbocycles. The normalized spacial score (nSPS) is 10.2. The molecule has 2 rings (SSSR count). The standard InChI is InChI=1S/C14H13FN2O/c1-10-9-11(3-4-13(10)15)14(18)17(2)12-5-7-16-8-6-12/h3-9H,1-2H3. The molecule has 0 saturated carbocycles. The molecule has 92 valence electrons. The second kappa shape index (κ2) is 4.96. The van der Waals surface area contributed by atoms with Crippen LogP contribution in [0.1, 0.15) is 15.9 Å². The fourth-order valence-electron chi connectivity index (χ4n) is 1.66. The molecule has 1 aromatic carbocycles. The number of nitrogens with zero attached hydrogens (tertiary/aromatic N) is 2. The van der Waals surface area contributed by atoms with Gasteiger partial charge in [-0.05, 0) is 42.8 Å². The van der Waals surface area contributed by atoms with Crippen molar-refractivity contribution >= 4 is 11.6 Å². The number of benzene rings is 1. The Morgan fingerprint density at radius 1 is 1.22 bits per heavy atom. The number of aromatic nitrogens is 1. The van der Waals surface area contributed by atoms with E-state index in [0.29, 0.717) is 11.1 Å². The van der Waals surface area contributed by atoms with Crippen LogP contribution in [0.3, 0.4) is 0 Å². The largest absolute Gasteiger partial charge is 0.311 e. The lowest BCUT2D eigenvalue weighted by molar-refractivity contribution is 0.0993. The molecule has 0 saturated heterocycles. The second-order valence-electron chi connectivity index (χ2n) is 4.03. The van der Waals surface area contributed by atoms with Crippen LogP contribution in [0.15, 0.2) is 42.7 Å². The molecule has 0 aliphatic heterocycles. The lowest BCUT2D eigenvalue weighted by Gasteiger charge is -2.17. The zero-order valence-electron chi connectivity index (χ0n) is 10.2. The summed E-state index contributed by atoms with van der Waals surface area (Å²) >= 11 is 0. The predicted molar refractivity (Wildman–Crippen MR) is 68.1 cm³/mol. The summed E-state index contributed by atoms with van der Waals surface area (Å²) in [5.41, 5.74) is 1.68. The van der Waals surface area contributed by atoms with E-state index in [0.717, 1.165) is 5.69 Å². The molecule has 1 heterocycles. The summed E-state index contributed by atoms with van der Waals surface area (Å²) < 4.78 is 13.2. The van der Waals surface area contributed by atoms with Crippen molar-refractivity contribution in [1.29, 1.82) is 0 Å². The van der Waals surface area contributed by atoms with Crippen LogP contribution in [-0.4, -0.2) is 17.9 Å². The number of rotatable bonds is 2. The summed E-state index contributed by atoms with van der Waals surface area (Å²) in [5.74, 6) is -0.484. The van der Waals surface area contributed by atoms with Crippen molar-refractivity contribution in [2.75, 3.05) is 11.9 Å². The monoisotopic (exact) mass is 244 g/mol. The third-order valence-corrected chi connectivity index (χ3v) is 2.76. The van der Waals surface area contributed by atoms with E-state index in [2.05, 4.69) is 4.98 Å². The number of anilines is 1. The van der Waals surface area contributed by atoms with Gasteiger partial charge in [-0.25, -0.2) is 4.39 Å². The first-order valence-electron chi connectivity index (χ1n) is 5.54. The van der Waals surface area contributed by atoms with Gasteiger partial charge in [0, 0.05) is 30.7 Å². The van der Waals surface area contributed by atoms with Gasteiger partial charge in [-0.15, -0.1) is 0 Å². The van der Waals surface area contributed by atoms with Crippen LogP contribution >= 0.6 is 0 Å². The first kappa shape index (κ1) is 12.2. The Hall–Kier alpha value is -2.23. The topological polar surface area (TPSA) is 33.2 Å². The summed E-state index contributed by atoms with van der Waals surface area (Å²) in [6.45, 7) is 1.64. The molecule has 0 fully saturated rings. The minimum Gasteiger partial charge on any atom is -0.311 e. The summed E-state index contributed by atoms with van der Waals surface area (Å²) in [4.78, 5) is 17.6. The Labute approximate surface area is 105 Å². The zero-order valence-corrected chi connectivity index (χ0v) is 10.2. The van der Waals surface area contributed by atoms with E-state index < -0.39 is 0 Å². The third kappa shape index (κ3) is 2.37. The molecule has 3 nitrogen and oxygen atoms in total. The minimum atomic E-state index is -0.307. The Bertz CT molecular complexity index is 569. The van der Waals surface area contributed by atoms with E-state index in [1.807, 2.05) is 0 Å². The van der Waals surface area contributed by atoms with Gasteiger partial charge in [-0.2, -0.15) is 0 Å². The lowest BCUT2D eigenvalue weighted by Crippen LogP contribution is -2.26. The van der Waals surface area contributed by atoms with Crippen LogP contribution in [0.2, 0.25) is 0 Å². The molecular weight excluding hydrogens is 231 g/mol. The average Bonchev–Trinajstić information content (AvgIpc) is 2.41. The SMILES string of the molecule is Cc1cc(C(=O)N(C)c2ccncc2)ccc1F. The van der Waals surface area contributed by atoms with Crippen molar-refractivity contribution in [2.45, 2.75) is 6.92 Å². The Kier molecular flexibility index (Phi) is 3.37. The van der Waals surface area contributed by atoms with Gasteiger partial charge in [0.05, 0.1) is 0 Å². The van der Waals surface area contributed by atoms with Gasteiger partial charge in [-0.1, -0.05) is 0 Å². The first-order chi connectivity index (χ1) is 8.59. The number of hydrogen-bond acceptors (Lipinski definition) is 2. The van der Waals surface area contributed by atoms with Crippen LogP contribution in [0.5, 0.6) is 0 Å². The van der Waals surface area contributed by atoms with E-state index in [9.17, 15) is 9.18 Å². The summed E-state index contributed by atoms with van der Waals surface area (Å²) in [6, 6.07) is 7.84. The quantitative estimate of drug-likeness (QED) is 0.813. The van der Waals surface area contributed by atoms with Crippen molar-refractivity contribution in [2.24, 2.45) is 0 Å². The molecule has 18 heavy (non-hydrogen) atoms. The molecule has 2 aromatic rings. The van der Waals surface area contributed by atoms with Crippen LogP contribution < -0.4 is 4.90 Å². The van der Waals surface area contributed by atoms with Crippen molar-refractivity contribution in [3.8, 4) is 0 Å². The number of pyridine rings is 1. The highest BCUT2D eigenvalue weighted by Gasteiger charge is 2.14. The van der Waals surface area contributed by atoms with E-state index in [4.69, 9.17) is 0 Å². The van der Waals surface area contributed by atoms with Gasteiger partial charge in [0.15, 0.2) is 0 Å². The van der Waals surface area contributed by atoms with Crippen molar-refractivity contribution < 1.29 is 9.18 Å². The number of carbonyl (C=O) groups is 1. The van der Waals surface area contributed by atoms with E-state index in [1.165, 1.54) is 17.0 Å². The van der Waals surface area contributed by atoms with E-state index >= 15 is 0 Å². The van der Waals surface area contributed by atoms with E-state index in [-0.39, 0.29) is 11.7 Å². The fourth-order valence-corrected chi connectivity index (χ4v) is 1.66. The summed E-state index contributed by atoms with van der Waals surface area (Å²) in [7, 11) is 1.68. The second-order valence-corrected chi connectivity index (χ2v) is 4.03. The Morgan fingerprint density at radius 2 is 1.89 bits per heavy atom. The van der Waals surface area contributed by atoms with Crippen molar-refractivity contribution in [1.82, 2.24) is 4.98 Å². The number of aryl methyl sites for hydroxylation is 1. The average molecular weight is 244 g/mol. The van der Waals surface area contributed by atoms with E-state index in [1.54, 1.807) is 44.6 Å². The highest BCUT2D eigenvalue weighted by Crippen LogP contribution is 2.16. The van der Waals surface area contributed by atoms with Crippen molar-refractivity contribution in [3.63, 3.8) is 0 Å². The van der Waals surface area contributed by atoms with Gasteiger partial charge < -0.3 is 4.90 Å². The maximum atomic E-state index is 13.2. The Morgan fingerprint density at radius 3 is 2.50 bits per heavy atom. The van der Waals surface area contributed by atoms with Gasteiger partial charge in [0.2, 0.25) is 0 Å². The molecule has 4 heteroatoms. The predicted octanol–water partition coefficient (Wildman–Crippen LogP) is 2.81. The first-order valence-corrected chi connectivity index (χ1v) is 5.54. The molecule has 0 atom stereocenters. The van der Waals surface area contributed by atoms with Crippen LogP contribution in [0.25, 0.3) is 0 Å². The maximum absolute atomic E-state index is 13.2. The lowest BCUT2D eigenvalue weighted by atomic mass is 10.1. The van der Waals surface area contributed by atoms with Crippen molar-refractivity contribution in [3.05, 3.63) is 59.7 Å². The number of hydrogen-bond donors (Lipinski definition) is 0. The highest BCUT2D eigenvalue weighted by molar-refractivity contribution is 6.05. The molecule has 0 bridgehead atoms. The molecule has 0 unspecified atom stereocenters. The fraction of sp³-hybridized carbons (Fsp3) is 0.143. The van der Waals surface area contributed by atoms with Gasteiger partial charge >= 0.3 is 0 Å². The Balaban J connectivity index is 2.29. The third-order valence-electron chi connectivity index (χ3n) is 2.76. The van der Waals surface area contributed by atoms with Gasteiger partial charge in [-0.3, -0.25) is 9.78 Å². The summed E-state index contributed by atoms with van der Waals surface area (Å²) in [5, 5.41) is 0. The minimum absolute atomic E-state index is 0.177. The number of amides is 1. The smallest absolute Gasteiger partial charge is 0.258 e. The zero-order chi connectivity index (χ0) is 13.1. The molecule has 0 spiro atoms. The molecule has 0 N–H and O–H groups in total. The molecule has 1 aromatic heterocycles. The molecule has 0 radical (unpaired) electrons. The number of halogens is 1. The van der Waals surface area contributed by atoms with Crippen LogP contribution in [0.4, 0.5) is 10.1 Å². The van der Waals surface area contributed by atoms with Crippen LogP contribution in [-0.2, 0) is 0 Å². The highest BCUT2D eigenvalue weighted by atomic mass is 19.1.